The number of amides is 2. The molecular formula is C13H25N3O2. The maximum atomic E-state index is 12.0. The van der Waals surface area contributed by atoms with Gasteiger partial charge in [0.2, 0.25) is 11.8 Å². The predicted molar refractivity (Wildman–Crippen MR) is 70.8 cm³/mol. The van der Waals surface area contributed by atoms with Crippen LogP contribution in [0.25, 0.3) is 0 Å². The molecule has 0 aromatic heterocycles. The van der Waals surface area contributed by atoms with Crippen molar-refractivity contribution in [2.45, 2.75) is 52.6 Å². The fourth-order valence-corrected chi connectivity index (χ4v) is 2.02. The molecular weight excluding hydrogens is 230 g/mol. The maximum absolute atomic E-state index is 12.0. The van der Waals surface area contributed by atoms with E-state index in [0.29, 0.717) is 13.1 Å². The molecule has 0 saturated carbocycles. The monoisotopic (exact) mass is 255 g/mol. The lowest BCUT2D eigenvalue weighted by atomic mass is 9.86. The molecule has 0 aromatic carbocycles. The Morgan fingerprint density at radius 1 is 1.28 bits per heavy atom. The van der Waals surface area contributed by atoms with Crippen molar-refractivity contribution in [1.29, 1.82) is 0 Å². The van der Waals surface area contributed by atoms with Crippen molar-refractivity contribution in [2.24, 2.45) is 11.1 Å². The van der Waals surface area contributed by atoms with Crippen LogP contribution in [0.1, 0.15) is 40.5 Å². The molecule has 1 fully saturated rings. The van der Waals surface area contributed by atoms with Crippen LogP contribution < -0.4 is 11.1 Å². The molecule has 0 spiro atoms. The molecule has 1 aliphatic rings. The van der Waals surface area contributed by atoms with E-state index in [1.54, 1.807) is 6.92 Å². The summed E-state index contributed by atoms with van der Waals surface area (Å²) in [5, 5.41) is 2.98. The molecule has 1 aliphatic heterocycles. The Labute approximate surface area is 109 Å². The smallest absolute Gasteiger partial charge is 0.237 e. The molecule has 2 amide bonds. The van der Waals surface area contributed by atoms with E-state index in [1.165, 1.54) is 0 Å². The second-order valence-corrected chi connectivity index (χ2v) is 6.13. The Balaban J connectivity index is 2.42. The number of carbonyl (C=O) groups excluding carboxylic acids is 2. The highest BCUT2D eigenvalue weighted by Crippen LogP contribution is 2.18. The Bertz CT molecular complexity index is 315. The summed E-state index contributed by atoms with van der Waals surface area (Å²) >= 11 is 0. The maximum Gasteiger partial charge on any atom is 0.237 e. The van der Waals surface area contributed by atoms with E-state index < -0.39 is 6.04 Å². The molecule has 1 rings (SSSR count). The lowest BCUT2D eigenvalue weighted by Crippen LogP contribution is -2.53. The molecule has 0 unspecified atom stereocenters. The summed E-state index contributed by atoms with van der Waals surface area (Å²) in [4.78, 5) is 25.0. The Morgan fingerprint density at radius 3 is 2.17 bits per heavy atom. The molecule has 0 radical (unpaired) electrons. The fraction of sp³-hybridized carbons (Fsp3) is 0.846. The van der Waals surface area contributed by atoms with Crippen molar-refractivity contribution in [3.63, 3.8) is 0 Å². The average Bonchev–Trinajstić information content (AvgIpc) is 2.27. The average molecular weight is 255 g/mol. The minimum Gasteiger partial charge on any atom is -0.352 e. The van der Waals surface area contributed by atoms with Gasteiger partial charge in [0.1, 0.15) is 0 Å². The standard InChI is InChI=1S/C13H25N3O2/c1-9(17)16-7-5-10(6-8-16)15-12(18)11(14)13(2,3)4/h10-11H,5-8,14H2,1-4H3,(H,15,18)/t11-/m0/s1. The molecule has 0 bridgehead atoms. The van der Waals surface area contributed by atoms with Gasteiger partial charge in [0.15, 0.2) is 0 Å². The predicted octanol–water partition coefficient (Wildman–Crippen LogP) is 0.487. The number of likely N-dealkylation sites (tertiary alicyclic amines) is 1. The van der Waals surface area contributed by atoms with Crippen molar-refractivity contribution >= 4 is 11.8 Å². The summed E-state index contributed by atoms with van der Waals surface area (Å²) in [5.41, 5.74) is 5.68. The number of hydrogen-bond acceptors (Lipinski definition) is 3. The lowest BCUT2D eigenvalue weighted by molar-refractivity contribution is -0.130. The van der Waals surface area contributed by atoms with E-state index in [0.717, 1.165) is 12.8 Å². The van der Waals surface area contributed by atoms with Crippen LogP contribution in [0.15, 0.2) is 0 Å². The van der Waals surface area contributed by atoms with Crippen LogP contribution in [0.2, 0.25) is 0 Å². The molecule has 104 valence electrons. The summed E-state index contributed by atoms with van der Waals surface area (Å²) in [6.07, 6.45) is 1.62. The van der Waals surface area contributed by atoms with E-state index in [4.69, 9.17) is 5.73 Å². The zero-order valence-corrected chi connectivity index (χ0v) is 11.8. The molecule has 18 heavy (non-hydrogen) atoms. The SMILES string of the molecule is CC(=O)N1CCC(NC(=O)[C@H](N)C(C)(C)C)CC1. The summed E-state index contributed by atoms with van der Waals surface area (Å²) < 4.78 is 0. The van der Waals surface area contributed by atoms with E-state index in [9.17, 15) is 9.59 Å². The first-order valence-corrected chi connectivity index (χ1v) is 6.53. The summed E-state index contributed by atoms with van der Waals surface area (Å²) in [6, 6.07) is -0.357. The highest BCUT2D eigenvalue weighted by molar-refractivity contribution is 5.82. The molecule has 1 saturated heterocycles. The van der Waals surface area contributed by atoms with Crippen molar-refractivity contribution in [2.75, 3.05) is 13.1 Å². The molecule has 5 heteroatoms. The number of nitrogens with one attached hydrogen (secondary N) is 1. The topological polar surface area (TPSA) is 75.4 Å². The zero-order chi connectivity index (χ0) is 13.9. The first kappa shape index (κ1) is 15.0. The third kappa shape index (κ3) is 3.98. The van der Waals surface area contributed by atoms with Crippen LogP contribution in [0.4, 0.5) is 0 Å². The number of rotatable bonds is 2. The largest absolute Gasteiger partial charge is 0.352 e. The van der Waals surface area contributed by atoms with Gasteiger partial charge in [-0.2, -0.15) is 0 Å². The van der Waals surface area contributed by atoms with Crippen molar-refractivity contribution in [1.82, 2.24) is 10.2 Å². The van der Waals surface area contributed by atoms with Gasteiger partial charge in [0.25, 0.3) is 0 Å². The molecule has 3 N–H and O–H groups in total. The summed E-state index contributed by atoms with van der Waals surface area (Å²) in [7, 11) is 0. The van der Waals surface area contributed by atoms with Gasteiger partial charge in [-0.05, 0) is 18.3 Å². The van der Waals surface area contributed by atoms with E-state index >= 15 is 0 Å². The molecule has 1 heterocycles. The number of carbonyl (C=O) groups is 2. The van der Waals surface area contributed by atoms with E-state index in [-0.39, 0.29) is 23.3 Å². The minimum atomic E-state index is -0.497. The number of piperidine rings is 1. The van der Waals surface area contributed by atoms with E-state index in [1.807, 2.05) is 25.7 Å². The second-order valence-electron chi connectivity index (χ2n) is 6.13. The van der Waals surface area contributed by atoms with Gasteiger partial charge >= 0.3 is 0 Å². The van der Waals surface area contributed by atoms with Crippen LogP contribution >= 0.6 is 0 Å². The highest BCUT2D eigenvalue weighted by atomic mass is 16.2. The third-order valence-corrected chi connectivity index (χ3v) is 3.50. The van der Waals surface area contributed by atoms with Gasteiger partial charge in [-0.3, -0.25) is 9.59 Å². The first-order chi connectivity index (χ1) is 8.21. The van der Waals surface area contributed by atoms with Crippen LogP contribution in [-0.4, -0.2) is 41.9 Å². The van der Waals surface area contributed by atoms with Crippen LogP contribution in [0.3, 0.4) is 0 Å². The van der Waals surface area contributed by atoms with Crippen molar-refractivity contribution in [3.05, 3.63) is 0 Å². The minimum absolute atomic E-state index is 0.0937. The number of hydrogen-bond donors (Lipinski definition) is 2. The van der Waals surface area contributed by atoms with Gasteiger partial charge in [0, 0.05) is 26.1 Å². The second kappa shape index (κ2) is 5.69. The van der Waals surface area contributed by atoms with Crippen molar-refractivity contribution in [3.8, 4) is 0 Å². The summed E-state index contributed by atoms with van der Waals surface area (Å²) in [5.74, 6) is 0.00921. The van der Waals surface area contributed by atoms with Crippen molar-refractivity contribution < 1.29 is 9.59 Å². The molecule has 1 atom stereocenters. The quantitative estimate of drug-likeness (QED) is 0.754. The van der Waals surface area contributed by atoms with Gasteiger partial charge < -0.3 is 16.0 Å². The van der Waals surface area contributed by atoms with Gasteiger partial charge in [-0.15, -0.1) is 0 Å². The molecule has 0 aromatic rings. The fourth-order valence-electron chi connectivity index (χ4n) is 2.02. The van der Waals surface area contributed by atoms with E-state index in [2.05, 4.69) is 5.32 Å². The van der Waals surface area contributed by atoms with Crippen LogP contribution in [0, 0.1) is 5.41 Å². The molecule has 0 aliphatic carbocycles. The summed E-state index contributed by atoms with van der Waals surface area (Å²) in [6.45, 7) is 8.87. The Morgan fingerprint density at radius 2 is 1.78 bits per heavy atom. The van der Waals surface area contributed by atoms with Crippen LogP contribution in [-0.2, 0) is 9.59 Å². The zero-order valence-electron chi connectivity index (χ0n) is 11.8. The Hall–Kier alpha value is -1.10. The van der Waals surface area contributed by atoms with Crippen LogP contribution in [0.5, 0.6) is 0 Å². The number of nitrogens with zero attached hydrogens (tertiary/aromatic N) is 1. The number of nitrogens with two attached hydrogens (primary N) is 1. The highest BCUT2D eigenvalue weighted by Gasteiger charge is 2.30. The van der Waals surface area contributed by atoms with Gasteiger partial charge in [-0.25, -0.2) is 0 Å². The first-order valence-electron chi connectivity index (χ1n) is 6.53. The normalized spacial score (nSPS) is 19.5. The third-order valence-electron chi connectivity index (χ3n) is 3.50. The molecule has 5 nitrogen and oxygen atoms in total. The lowest BCUT2D eigenvalue weighted by Gasteiger charge is -2.33. The van der Waals surface area contributed by atoms with Gasteiger partial charge in [-0.1, -0.05) is 20.8 Å². The Kier molecular flexibility index (Phi) is 4.73. The van der Waals surface area contributed by atoms with Gasteiger partial charge in [0.05, 0.1) is 6.04 Å².